The first-order valence-corrected chi connectivity index (χ1v) is 9.73. The fraction of sp³-hybridized carbons (Fsp3) is 0.381. The van der Waals surface area contributed by atoms with Gasteiger partial charge < -0.3 is 4.74 Å². The van der Waals surface area contributed by atoms with Crippen molar-refractivity contribution in [3.8, 4) is 17.1 Å². The van der Waals surface area contributed by atoms with Crippen LogP contribution in [0.2, 0.25) is 0 Å². The predicted molar refractivity (Wildman–Crippen MR) is 105 cm³/mol. The number of nitrogens with zero attached hydrogens (tertiary/aromatic N) is 5. The van der Waals surface area contributed by atoms with Crippen LogP contribution in [0.3, 0.4) is 0 Å². The summed E-state index contributed by atoms with van der Waals surface area (Å²) in [7, 11) is 1.84. The highest BCUT2D eigenvalue weighted by Gasteiger charge is 2.33. The molecule has 1 fully saturated rings. The maximum absolute atomic E-state index is 13.2. The molecule has 0 atom stereocenters. The van der Waals surface area contributed by atoms with E-state index in [9.17, 15) is 13.2 Å². The van der Waals surface area contributed by atoms with E-state index in [0.717, 1.165) is 17.2 Å². The zero-order valence-electron chi connectivity index (χ0n) is 16.5. The molecule has 1 aliphatic heterocycles. The Hall–Kier alpha value is -2.94. The van der Waals surface area contributed by atoms with Gasteiger partial charge in [0.15, 0.2) is 0 Å². The molecule has 0 aliphatic carbocycles. The van der Waals surface area contributed by atoms with Crippen molar-refractivity contribution in [1.29, 1.82) is 0 Å². The second kappa shape index (κ2) is 8.43. The number of aromatic nitrogens is 4. The summed E-state index contributed by atoms with van der Waals surface area (Å²) < 4.78 is 47.2. The number of hydrogen-bond donors (Lipinski definition) is 0. The molecule has 0 bridgehead atoms. The van der Waals surface area contributed by atoms with Gasteiger partial charge in [-0.25, -0.2) is 9.97 Å². The Balaban J connectivity index is 1.31. The molecule has 0 unspecified atom stereocenters. The predicted octanol–water partition coefficient (Wildman–Crippen LogP) is 3.94. The topological polar surface area (TPSA) is 56.1 Å². The van der Waals surface area contributed by atoms with Gasteiger partial charge in [0, 0.05) is 56.4 Å². The Morgan fingerprint density at radius 3 is 2.37 bits per heavy atom. The lowest BCUT2D eigenvalue weighted by atomic mass is 10.0. The number of likely N-dealkylation sites (tertiary alicyclic amines) is 1. The number of hydrogen-bond acceptors (Lipinski definition) is 5. The number of rotatable bonds is 5. The molecule has 2 aromatic heterocycles. The standard InChI is InChI=1S/C21H22F3N5O/c1-28-13-17(12-27-28)16-10-25-20(26-11-16)30-18-6-8-29(9-7-18)14-15-4-2-3-5-19(15)21(22,23)24/h2-5,10-13,18H,6-9,14H2,1H3. The van der Waals surface area contributed by atoms with E-state index in [-0.39, 0.29) is 12.6 Å². The molecular formula is C21H22F3N5O. The summed E-state index contributed by atoms with van der Waals surface area (Å²) in [4.78, 5) is 10.6. The molecule has 1 saturated heterocycles. The molecule has 9 heteroatoms. The summed E-state index contributed by atoms with van der Waals surface area (Å²) in [6.07, 6.45) is 4.05. The van der Waals surface area contributed by atoms with Crippen LogP contribution in [0, 0.1) is 0 Å². The van der Waals surface area contributed by atoms with Crippen molar-refractivity contribution in [2.24, 2.45) is 7.05 Å². The fourth-order valence-corrected chi connectivity index (χ4v) is 3.61. The lowest BCUT2D eigenvalue weighted by molar-refractivity contribution is -0.138. The molecule has 0 amide bonds. The van der Waals surface area contributed by atoms with Crippen LogP contribution >= 0.6 is 0 Å². The van der Waals surface area contributed by atoms with Gasteiger partial charge in [0.1, 0.15) is 6.10 Å². The van der Waals surface area contributed by atoms with E-state index in [2.05, 4.69) is 15.1 Å². The Bertz CT molecular complexity index is 979. The number of aryl methyl sites for hydroxylation is 1. The van der Waals surface area contributed by atoms with Crippen LogP contribution in [0.25, 0.3) is 11.1 Å². The molecule has 0 spiro atoms. The van der Waals surface area contributed by atoms with E-state index in [1.807, 2.05) is 18.1 Å². The van der Waals surface area contributed by atoms with Crippen LogP contribution in [-0.4, -0.2) is 43.8 Å². The van der Waals surface area contributed by atoms with E-state index in [1.54, 1.807) is 35.4 Å². The van der Waals surface area contributed by atoms with Crippen molar-refractivity contribution in [3.05, 3.63) is 60.2 Å². The van der Waals surface area contributed by atoms with E-state index in [1.165, 1.54) is 6.07 Å². The highest BCUT2D eigenvalue weighted by atomic mass is 19.4. The molecule has 158 valence electrons. The second-order valence-electron chi connectivity index (χ2n) is 7.41. The quantitative estimate of drug-likeness (QED) is 0.630. The molecule has 0 radical (unpaired) electrons. The van der Waals surface area contributed by atoms with Crippen LogP contribution in [0.1, 0.15) is 24.0 Å². The van der Waals surface area contributed by atoms with Crippen molar-refractivity contribution in [2.75, 3.05) is 13.1 Å². The maximum atomic E-state index is 13.2. The zero-order valence-corrected chi connectivity index (χ0v) is 16.5. The third kappa shape index (κ3) is 4.79. The summed E-state index contributed by atoms with van der Waals surface area (Å²) in [6, 6.07) is 6.06. The molecule has 0 saturated carbocycles. The first kappa shape index (κ1) is 20.3. The number of halogens is 3. The van der Waals surface area contributed by atoms with Crippen molar-refractivity contribution in [3.63, 3.8) is 0 Å². The first-order chi connectivity index (χ1) is 14.4. The molecule has 3 aromatic rings. The van der Waals surface area contributed by atoms with Gasteiger partial charge in [-0.05, 0) is 24.5 Å². The van der Waals surface area contributed by atoms with Crippen molar-refractivity contribution >= 4 is 0 Å². The molecule has 0 N–H and O–H groups in total. The average molecular weight is 417 g/mol. The van der Waals surface area contributed by atoms with E-state index < -0.39 is 11.7 Å². The van der Waals surface area contributed by atoms with Gasteiger partial charge in [-0.1, -0.05) is 18.2 Å². The number of benzene rings is 1. The monoisotopic (exact) mass is 417 g/mol. The first-order valence-electron chi connectivity index (χ1n) is 9.73. The summed E-state index contributed by atoms with van der Waals surface area (Å²) >= 11 is 0. The third-order valence-electron chi connectivity index (χ3n) is 5.19. The number of piperidine rings is 1. The van der Waals surface area contributed by atoms with Gasteiger partial charge in [-0.3, -0.25) is 9.58 Å². The van der Waals surface area contributed by atoms with Crippen molar-refractivity contribution in [2.45, 2.75) is 31.7 Å². The molecular weight excluding hydrogens is 395 g/mol. The minimum Gasteiger partial charge on any atom is -0.460 e. The molecule has 1 aliphatic rings. The second-order valence-corrected chi connectivity index (χ2v) is 7.41. The van der Waals surface area contributed by atoms with Gasteiger partial charge in [0.25, 0.3) is 0 Å². The van der Waals surface area contributed by atoms with E-state index in [4.69, 9.17) is 4.74 Å². The summed E-state index contributed by atoms with van der Waals surface area (Å²) in [5.74, 6) is 0. The maximum Gasteiger partial charge on any atom is 0.416 e. The normalized spacial score (nSPS) is 16.0. The van der Waals surface area contributed by atoms with E-state index >= 15 is 0 Å². The lowest BCUT2D eigenvalue weighted by Gasteiger charge is -2.32. The Morgan fingerprint density at radius 2 is 1.73 bits per heavy atom. The van der Waals surface area contributed by atoms with Gasteiger partial charge in [0.2, 0.25) is 0 Å². The molecule has 6 nitrogen and oxygen atoms in total. The summed E-state index contributed by atoms with van der Waals surface area (Å²) in [5, 5.41) is 4.13. The Morgan fingerprint density at radius 1 is 1.03 bits per heavy atom. The summed E-state index contributed by atoms with van der Waals surface area (Å²) in [6.45, 7) is 1.59. The van der Waals surface area contributed by atoms with Crippen molar-refractivity contribution < 1.29 is 17.9 Å². The zero-order chi connectivity index (χ0) is 21.1. The molecule has 1 aromatic carbocycles. The van der Waals surface area contributed by atoms with E-state index in [0.29, 0.717) is 37.5 Å². The van der Waals surface area contributed by atoms with Crippen molar-refractivity contribution in [1.82, 2.24) is 24.6 Å². The SMILES string of the molecule is Cn1cc(-c2cnc(OC3CCN(Cc4ccccc4C(F)(F)F)CC3)nc2)cn1. The average Bonchev–Trinajstić information content (AvgIpc) is 3.16. The Labute approximate surface area is 172 Å². The minimum absolute atomic E-state index is 0.0525. The highest BCUT2D eigenvalue weighted by molar-refractivity contribution is 5.59. The minimum atomic E-state index is -4.34. The molecule has 4 rings (SSSR count). The fourth-order valence-electron chi connectivity index (χ4n) is 3.61. The smallest absolute Gasteiger partial charge is 0.416 e. The third-order valence-corrected chi connectivity index (χ3v) is 5.19. The van der Waals surface area contributed by atoms with Gasteiger partial charge in [0.05, 0.1) is 11.8 Å². The van der Waals surface area contributed by atoms with Crippen LogP contribution < -0.4 is 4.74 Å². The van der Waals surface area contributed by atoms with Crippen LogP contribution in [-0.2, 0) is 19.8 Å². The lowest BCUT2D eigenvalue weighted by Crippen LogP contribution is -2.38. The van der Waals surface area contributed by atoms with Crippen LogP contribution in [0.4, 0.5) is 13.2 Å². The highest BCUT2D eigenvalue weighted by Crippen LogP contribution is 2.32. The van der Waals surface area contributed by atoms with Crippen LogP contribution in [0.15, 0.2) is 49.1 Å². The van der Waals surface area contributed by atoms with Gasteiger partial charge >= 0.3 is 12.2 Å². The van der Waals surface area contributed by atoms with Gasteiger partial charge in [-0.15, -0.1) is 0 Å². The van der Waals surface area contributed by atoms with Gasteiger partial charge in [-0.2, -0.15) is 18.3 Å². The number of alkyl halides is 3. The Kier molecular flexibility index (Phi) is 5.72. The summed E-state index contributed by atoms with van der Waals surface area (Å²) in [5.41, 5.74) is 1.52. The van der Waals surface area contributed by atoms with Crippen LogP contribution in [0.5, 0.6) is 6.01 Å². The molecule has 3 heterocycles. The molecule has 30 heavy (non-hydrogen) atoms. The number of ether oxygens (including phenoxy) is 1. The largest absolute Gasteiger partial charge is 0.460 e.